The number of non-ortho nitro benzene ring substituents is 1. The van der Waals surface area contributed by atoms with Crippen LogP contribution in [0.4, 0.5) is 5.69 Å². The monoisotopic (exact) mass is 295 g/mol. The van der Waals surface area contributed by atoms with Crippen LogP contribution in [0.25, 0.3) is 0 Å². The number of nitrogens with zero attached hydrogens (tertiary/aromatic N) is 1. The van der Waals surface area contributed by atoms with Gasteiger partial charge in [-0.2, -0.15) is 0 Å². The van der Waals surface area contributed by atoms with Gasteiger partial charge in [0.2, 0.25) is 5.91 Å². The minimum absolute atomic E-state index is 0.00190. The summed E-state index contributed by atoms with van der Waals surface area (Å²) in [5, 5.41) is 16.8. The Morgan fingerprint density at radius 1 is 1.45 bits per heavy atom. The van der Waals surface area contributed by atoms with Crippen molar-refractivity contribution < 1.29 is 9.72 Å². The fraction of sp³-hybridized carbons (Fsp3) is 0.462. The van der Waals surface area contributed by atoms with E-state index in [0.717, 1.165) is 30.8 Å². The molecule has 0 saturated carbocycles. The van der Waals surface area contributed by atoms with Gasteiger partial charge in [-0.3, -0.25) is 14.9 Å². The van der Waals surface area contributed by atoms with E-state index in [-0.39, 0.29) is 17.6 Å². The highest BCUT2D eigenvalue weighted by molar-refractivity contribution is 8.00. The van der Waals surface area contributed by atoms with Crippen molar-refractivity contribution in [1.29, 1.82) is 0 Å². The predicted molar refractivity (Wildman–Crippen MR) is 77.9 cm³/mol. The van der Waals surface area contributed by atoms with E-state index in [0.29, 0.717) is 5.75 Å². The zero-order chi connectivity index (χ0) is 14.4. The van der Waals surface area contributed by atoms with Crippen LogP contribution in [0.15, 0.2) is 29.2 Å². The first-order valence-corrected chi connectivity index (χ1v) is 7.51. The van der Waals surface area contributed by atoms with Crippen LogP contribution < -0.4 is 10.6 Å². The number of carbonyl (C=O) groups excluding carboxylic acids is 1. The summed E-state index contributed by atoms with van der Waals surface area (Å²) in [5.41, 5.74) is 0.0621. The van der Waals surface area contributed by atoms with Gasteiger partial charge in [0.15, 0.2) is 0 Å². The van der Waals surface area contributed by atoms with E-state index in [1.165, 1.54) is 23.9 Å². The van der Waals surface area contributed by atoms with Crippen molar-refractivity contribution >= 4 is 23.4 Å². The highest BCUT2D eigenvalue weighted by Crippen LogP contribution is 2.21. The summed E-state index contributed by atoms with van der Waals surface area (Å²) < 4.78 is 0. The summed E-state index contributed by atoms with van der Waals surface area (Å²) >= 11 is 1.38. The van der Waals surface area contributed by atoms with Crippen molar-refractivity contribution in [2.75, 3.05) is 18.8 Å². The number of benzene rings is 1. The Labute approximate surface area is 121 Å². The van der Waals surface area contributed by atoms with Crippen LogP contribution in [0.2, 0.25) is 0 Å². The molecule has 6 nitrogen and oxygen atoms in total. The van der Waals surface area contributed by atoms with Crippen molar-refractivity contribution in [3.8, 4) is 0 Å². The van der Waals surface area contributed by atoms with E-state index in [9.17, 15) is 14.9 Å². The molecule has 0 bridgehead atoms. The van der Waals surface area contributed by atoms with Crippen LogP contribution in [0.1, 0.15) is 12.8 Å². The number of amides is 1. The number of nitro groups is 1. The molecule has 20 heavy (non-hydrogen) atoms. The molecule has 0 aliphatic carbocycles. The quantitative estimate of drug-likeness (QED) is 0.489. The molecular weight excluding hydrogens is 278 g/mol. The standard InChI is InChI=1S/C13H17N3O3S/c17-13(15-10-2-1-7-14-8-10)9-20-12-5-3-11(4-6-12)16(18)19/h3-6,10,14H,1-2,7-9H2,(H,15,17). The van der Waals surface area contributed by atoms with Gasteiger partial charge in [0.1, 0.15) is 0 Å². The molecule has 108 valence electrons. The molecule has 1 heterocycles. The molecule has 2 rings (SSSR count). The van der Waals surface area contributed by atoms with Crippen molar-refractivity contribution in [3.05, 3.63) is 34.4 Å². The number of carbonyl (C=O) groups is 1. The maximum Gasteiger partial charge on any atom is 0.269 e. The summed E-state index contributed by atoms with van der Waals surface area (Å²) in [6.07, 6.45) is 2.10. The van der Waals surface area contributed by atoms with Gasteiger partial charge in [0, 0.05) is 29.6 Å². The Balaban J connectivity index is 1.76. The third-order valence-electron chi connectivity index (χ3n) is 3.08. The van der Waals surface area contributed by atoms with Crippen molar-refractivity contribution in [3.63, 3.8) is 0 Å². The topological polar surface area (TPSA) is 84.3 Å². The summed E-state index contributed by atoms with van der Waals surface area (Å²) in [7, 11) is 0. The Bertz CT molecular complexity index is 472. The first kappa shape index (κ1) is 14.8. The van der Waals surface area contributed by atoms with Crippen molar-refractivity contribution in [2.45, 2.75) is 23.8 Å². The maximum atomic E-state index is 11.8. The fourth-order valence-corrected chi connectivity index (χ4v) is 2.77. The third kappa shape index (κ3) is 4.50. The number of piperidine rings is 1. The van der Waals surface area contributed by atoms with Crippen molar-refractivity contribution in [1.82, 2.24) is 10.6 Å². The largest absolute Gasteiger partial charge is 0.351 e. The lowest BCUT2D eigenvalue weighted by Crippen LogP contribution is -2.46. The van der Waals surface area contributed by atoms with E-state index >= 15 is 0 Å². The van der Waals surface area contributed by atoms with E-state index < -0.39 is 4.92 Å². The molecule has 0 radical (unpaired) electrons. The second-order valence-corrected chi connectivity index (χ2v) is 5.70. The van der Waals surface area contributed by atoms with Gasteiger partial charge < -0.3 is 10.6 Å². The molecule has 1 atom stereocenters. The molecule has 1 aromatic carbocycles. The molecule has 0 aromatic heterocycles. The summed E-state index contributed by atoms with van der Waals surface area (Å²) in [6.45, 7) is 1.85. The molecule has 1 amide bonds. The van der Waals surface area contributed by atoms with Crippen molar-refractivity contribution in [2.24, 2.45) is 0 Å². The molecule has 1 saturated heterocycles. The lowest BCUT2D eigenvalue weighted by Gasteiger charge is -2.23. The van der Waals surface area contributed by atoms with Gasteiger partial charge in [-0.25, -0.2) is 0 Å². The first-order chi connectivity index (χ1) is 9.65. The van der Waals surface area contributed by atoms with E-state index in [4.69, 9.17) is 0 Å². The molecule has 2 N–H and O–H groups in total. The number of thioether (sulfide) groups is 1. The number of nitrogens with one attached hydrogen (secondary N) is 2. The minimum Gasteiger partial charge on any atom is -0.351 e. The second kappa shape index (κ2) is 7.25. The molecule has 1 aromatic rings. The molecule has 7 heteroatoms. The average molecular weight is 295 g/mol. The number of nitro benzene ring substituents is 1. The van der Waals surface area contributed by atoms with Gasteiger partial charge >= 0.3 is 0 Å². The number of hydrogen-bond acceptors (Lipinski definition) is 5. The van der Waals surface area contributed by atoms with E-state index in [1.807, 2.05) is 0 Å². The van der Waals surface area contributed by atoms with Crippen LogP contribution in [0, 0.1) is 10.1 Å². The molecule has 1 unspecified atom stereocenters. The molecular formula is C13H17N3O3S. The SMILES string of the molecule is O=C(CSc1ccc([N+](=O)[O-])cc1)NC1CCCNC1. The van der Waals surface area contributed by atoms with Gasteiger partial charge in [0.05, 0.1) is 10.7 Å². The van der Waals surface area contributed by atoms with E-state index in [2.05, 4.69) is 10.6 Å². The van der Waals surface area contributed by atoms with Crippen LogP contribution in [0.3, 0.4) is 0 Å². The lowest BCUT2D eigenvalue weighted by molar-refractivity contribution is -0.384. The molecule has 0 spiro atoms. The van der Waals surface area contributed by atoms with Crippen LogP contribution in [0.5, 0.6) is 0 Å². The number of rotatable bonds is 5. The third-order valence-corrected chi connectivity index (χ3v) is 4.09. The van der Waals surface area contributed by atoms with Crippen LogP contribution in [-0.2, 0) is 4.79 Å². The zero-order valence-corrected chi connectivity index (χ0v) is 11.8. The second-order valence-electron chi connectivity index (χ2n) is 4.65. The first-order valence-electron chi connectivity index (χ1n) is 6.52. The summed E-state index contributed by atoms with van der Waals surface area (Å²) in [6, 6.07) is 6.45. The van der Waals surface area contributed by atoms with Gasteiger partial charge in [-0.05, 0) is 31.5 Å². The molecule has 1 aliphatic heterocycles. The Morgan fingerprint density at radius 3 is 2.80 bits per heavy atom. The maximum absolute atomic E-state index is 11.8. The minimum atomic E-state index is -0.433. The van der Waals surface area contributed by atoms with Crippen LogP contribution >= 0.6 is 11.8 Å². The molecule has 1 fully saturated rings. The zero-order valence-electron chi connectivity index (χ0n) is 11.0. The normalized spacial score (nSPS) is 18.5. The molecule has 1 aliphatic rings. The van der Waals surface area contributed by atoms with Gasteiger partial charge in [-0.15, -0.1) is 11.8 Å². The smallest absolute Gasteiger partial charge is 0.269 e. The Kier molecular flexibility index (Phi) is 5.37. The van der Waals surface area contributed by atoms with Gasteiger partial charge in [0.25, 0.3) is 5.69 Å². The summed E-state index contributed by atoms with van der Waals surface area (Å²) in [5.74, 6) is 0.330. The number of hydrogen-bond donors (Lipinski definition) is 2. The fourth-order valence-electron chi connectivity index (χ4n) is 2.06. The van der Waals surface area contributed by atoms with E-state index in [1.54, 1.807) is 12.1 Å². The highest BCUT2D eigenvalue weighted by Gasteiger charge is 2.15. The highest BCUT2D eigenvalue weighted by atomic mass is 32.2. The van der Waals surface area contributed by atoms with Gasteiger partial charge in [-0.1, -0.05) is 0 Å². The Morgan fingerprint density at radius 2 is 2.20 bits per heavy atom. The Hall–Kier alpha value is -1.60. The summed E-state index contributed by atoms with van der Waals surface area (Å²) in [4.78, 5) is 22.7. The predicted octanol–water partition coefficient (Wildman–Crippen LogP) is 1.56. The van der Waals surface area contributed by atoms with Crippen LogP contribution in [-0.4, -0.2) is 35.7 Å². The lowest BCUT2D eigenvalue weighted by atomic mass is 10.1. The average Bonchev–Trinajstić information content (AvgIpc) is 2.46.